The molecule has 1 N–H and O–H groups in total. The van der Waals surface area contributed by atoms with Gasteiger partial charge in [0.15, 0.2) is 0 Å². The summed E-state index contributed by atoms with van der Waals surface area (Å²) in [6.07, 6.45) is 1.03. The van der Waals surface area contributed by atoms with Crippen LogP contribution in [0.1, 0.15) is 55.9 Å². The number of sulfonamides is 1. The van der Waals surface area contributed by atoms with E-state index in [-0.39, 0.29) is 23.4 Å². The molecule has 3 aromatic carbocycles. The Kier molecular flexibility index (Phi) is 11.5. The average Bonchev–Trinajstić information content (AvgIpc) is 2.94. The summed E-state index contributed by atoms with van der Waals surface area (Å²) in [4.78, 5) is 29.2. The molecule has 0 heterocycles. The molecular weight excluding hydrogens is 593 g/mol. The molecule has 3 aromatic rings. The molecule has 2 amide bonds. The van der Waals surface area contributed by atoms with E-state index < -0.39 is 28.5 Å². The van der Waals surface area contributed by atoms with Crippen LogP contribution in [-0.2, 0) is 26.2 Å². The Morgan fingerprint density at radius 1 is 0.881 bits per heavy atom. The van der Waals surface area contributed by atoms with E-state index in [0.717, 1.165) is 15.4 Å². The lowest BCUT2D eigenvalue weighted by Crippen LogP contribution is -2.53. The molecule has 10 heteroatoms. The second-order valence-corrected chi connectivity index (χ2v) is 13.3. The van der Waals surface area contributed by atoms with Crippen molar-refractivity contribution in [3.63, 3.8) is 0 Å². The van der Waals surface area contributed by atoms with E-state index in [4.69, 9.17) is 23.2 Å². The van der Waals surface area contributed by atoms with Crippen molar-refractivity contribution < 1.29 is 18.0 Å². The molecule has 0 aliphatic heterocycles. The van der Waals surface area contributed by atoms with E-state index in [1.165, 1.54) is 17.0 Å². The number of aryl methyl sites for hydroxylation is 3. The number of halogens is 2. The van der Waals surface area contributed by atoms with Gasteiger partial charge in [0.2, 0.25) is 11.8 Å². The maximum Gasteiger partial charge on any atom is 0.264 e. The van der Waals surface area contributed by atoms with Gasteiger partial charge in [-0.05, 0) is 87.6 Å². The van der Waals surface area contributed by atoms with Gasteiger partial charge in [-0.15, -0.1) is 0 Å². The highest BCUT2D eigenvalue weighted by molar-refractivity contribution is 7.92. The van der Waals surface area contributed by atoms with Crippen molar-refractivity contribution in [3.05, 3.63) is 93.0 Å². The minimum absolute atomic E-state index is 0.00745. The molecule has 0 saturated carbocycles. The molecule has 2 unspecified atom stereocenters. The molecule has 226 valence electrons. The monoisotopic (exact) mass is 631 g/mol. The first-order valence-electron chi connectivity index (χ1n) is 14.0. The quantitative estimate of drug-likeness (QED) is 0.237. The third kappa shape index (κ3) is 8.06. The lowest BCUT2D eigenvalue weighted by Gasteiger charge is -2.34. The summed E-state index contributed by atoms with van der Waals surface area (Å²) in [6, 6.07) is 16.0. The molecule has 2 atom stereocenters. The summed E-state index contributed by atoms with van der Waals surface area (Å²) in [5, 5.41) is 3.75. The lowest BCUT2D eigenvalue weighted by atomic mass is 10.1. The van der Waals surface area contributed by atoms with Crippen molar-refractivity contribution in [1.82, 2.24) is 10.2 Å². The highest BCUT2D eigenvalue weighted by Crippen LogP contribution is 2.29. The number of benzene rings is 3. The van der Waals surface area contributed by atoms with Gasteiger partial charge in [0.1, 0.15) is 12.6 Å². The number of nitrogens with zero attached hydrogens (tertiary/aromatic N) is 2. The van der Waals surface area contributed by atoms with E-state index >= 15 is 0 Å². The normalized spacial score (nSPS) is 12.9. The van der Waals surface area contributed by atoms with Crippen LogP contribution in [0, 0.1) is 20.8 Å². The number of amides is 2. The zero-order chi connectivity index (χ0) is 31.2. The van der Waals surface area contributed by atoms with Gasteiger partial charge < -0.3 is 10.2 Å². The molecule has 0 fully saturated rings. The van der Waals surface area contributed by atoms with E-state index in [2.05, 4.69) is 5.32 Å². The highest BCUT2D eigenvalue weighted by atomic mass is 35.5. The van der Waals surface area contributed by atoms with Gasteiger partial charge in [0.05, 0.1) is 10.6 Å². The fourth-order valence-corrected chi connectivity index (χ4v) is 6.47. The minimum Gasteiger partial charge on any atom is -0.352 e. The summed E-state index contributed by atoms with van der Waals surface area (Å²) < 4.78 is 29.4. The van der Waals surface area contributed by atoms with Crippen LogP contribution in [0.5, 0.6) is 0 Å². The number of nitrogens with one attached hydrogen (secondary N) is 1. The van der Waals surface area contributed by atoms with Gasteiger partial charge >= 0.3 is 0 Å². The largest absolute Gasteiger partial charge is 0.352 e. The summed E-state index contributed by atoms with van der Waals surface area (Å²) in [7, 11) is -4.16. The Hall–Kier alpha value is -3.07. The Morgan fingerprint density at radius 2 is 1.52 bits per heavy atom. The van der Waals surface area contributed by atoms with Crippen LogP contribution < -0.4 is 9.62 Å². The summed E-state index contributed by atoms with van der Waals surface area (Å²) in [5.41, 5.74) is 3.43. The van der Waals surface area contributed by atoms with E-state index in [9.17, 15) is 18.0 Å². The van der Waals surface area contributed by atoms with Crippen LogP contribution in [0.2, 0.25) is 10.0 Å². The van der Waals surface area contributed by atoms with Gasteiger partial charge in [-0.1, -0.05) is 72.9 Å². The molecule has 42 heavy (non-hydrogen) atoms. The smallest absolute Gasteiger partial charge is 0.264 e. The van der Waals surface area contributed by atoms with Gasteiger partial charge in [-0.2, -0.15) is 0 Å². The number of anilines is 1. The van der Waals surface area contributed by atoms with Crippen molar-refractivity contribution >= 4 is 50.7 Å². The molecule has 0 aliphatic carbocycles. The second-order valence-electron chi connectivity index (χ2n) is 10.6. The molecule has 7 nitrogen and oxygen atoms in total. The average molecular weight is 633 g/mol. The van der Waals surface area contributed by atoms with Crippen molar-refractivity contribution in [2.24, 2.45) is 0 Å². The third-order valence-electron chi connectivity index (χ3n) is 7.26. The minimum atomic E-state index is -4.16. The van der Waals surface area contributed by atoms with E-state index in [0.29, 0.717) is 39.7 Å². The van der Waals surface area contributed by atoms with E-state index in [1.807, 2.05) is 46.8 Å². The maximum atomic E-state index is 14.3. The van der Waals surface area contributed by atoms with Crippen LogP contribution in [0.25, 0.3) is 0 Å². The molecule has 0 aromatic heterocycles. The van der Waals surface area contributed by atoms with Crippen LogP contribution in [0.4, 0.5) is 5.69 Å². The Balaban J connectivity index is 2.12. The molecule has 0 saturated heterocycles. The zero-order valence-electron chi connectivity index (χ0n) is 24.9. The maximum absolute atomic E-state index is 14.3. The van der Waals surface area contributed by atoms with Crippen molar-refractivity contribution in [2.45, 2.75) is 77.9 Å². The molecule has 0 spiro atoms. The molecule has 3 rings (SSSR count). The summed E-state index contributed by atoms with van der Waals surface area (Å²) >= 11 is 12.6. The Morgan fingerprint density at radius 3 is 2.12 bits per heavy atom. The van der Waals surface area contributed by atoms with Crippen LogP contribution >= 0.6 is 23.2 Å². The van der Waals surface area contributed by atoms with Gasteiger partial charge in [-0.25, -0.2) is 8.42 Å². The Bertz CT molecular complexity index is 1530. The first-order chi connectivity index (χ1) is 19.8. The first kappa shape index (κ1) is 33.4. The highest BCUT2D eigenvalue weighted by Gasteiger charge is 2.34. The predicted octanol–water partition coefficient (Wildman–Crippen LogP) is 6.84. The van der Waals surface area contributed by atoms with Crippen LogP contribution in [-0.4, -0.2) is 43.8 Å². The van der Waals surface area contributed by atoms with Crippen LogP contribution in [0.15, 0.2) is 65.6 Å². The fourth-order valence-electron chi connectivity index (χ4n) is 4.53. The second kappa shape index (κ2) is 14.4. The summed E-state index contributed by atoms with van der Waals surface area (Å²) in [6.45, 7) is 10.7. The molecular formula is C32H39Cl2N3O4S. The Labute approximate surface area is 259 Å². The predicted molar refractivity (Wildman–Crippen MR) is 171 cm³/mol. The molecule has 0 bridgehead atoms. The van der Waals surface area contributed by atoms with Gasteiger partial charge in [0, 0.05) is 22.6 Å². The van der Waals surface area contributed by atoms with Crippen LogP contribution in [0.3, 0.4) is 0 Å². The SMILES string of the molecule is CCC(C)NC(=O)C(CC)N(Cc1ccc(Cl)cc1Cl)C(=O)CN(c1cc(C)ccc1C)S(=O)(=O)c1ccc(C)cc1. The number of rotatable bonds is 12. The standard InChI is InChI=1S/C32H39Cl2N3O4S/c1-7-24(6)35-32(39)29(8-2)36(19-25-13-14-26(33)18-28(25)34)31(38)20-37(30-17-22(4)9-12-23(30)5)42(40,41)27-15-10-21(3)11-16-27/h9-18,24,29H,7-8,19-20H2,1-6H3,(H,35,39). The number of hydrogen-bond donors (Lipinski definition) is 1. The van der Waals surface area contributed by atoms with Crippen molar-refractivity contribution in [3.8, 4) is 0 Å². The van der Waals surface area contributed by atoms with Gasteiger partial charge in [0.25, 0.3) is 10.0 Å². The molecule has 0 radical (unpaired) electrons. The summed E-state index contributed by atoms with van der Waals surface area (Å²) in [5.74, 6) is -0.853. The number of hydrogen-bond acceptors (Lipinski definition) is 4. The lowest BCUT2D eigenvalue weighted by molar-refractivity contribution is -0.140. The van der Waals surface area contributed by atoms with Gasteiger partial charge in [-0.3, -0.25) is 13.9 Å². The van der Waals surface area contributed by atoms with Crippen molar-refractivity contribution in [2.75, 3.05) is 10.8 Å². The first-order valence-corrected chi connectivity index (χ1v) is 16.2. The van der Waals surface area contributed by atoms with Crippen molar-refractivity contribution in [1.29, 1.82) is 0 Å². The topological polar surface area (TPSA) is 86.8 Å². The number of carbonyl (C=O) groups is 2. The fraction of sp³-hybridized carbons (Fsp3) is 0.375. The van der Waals surface area contributed by atoms with E-state index in [1.54, 1.807) is 43.3 Å². The zero-order valence-corrected chi connectivity index (χ0v) is 27.3. The number of carbonyl (C=O) groups excluding carboxylic acids is 2. The molecule has 0 aliphatic rings. The third-order valence-corrected chi connectivity index (χ3v) is 9.62.